The van der Waals surface area contributed by atoms with Crippen LogP contribution >= 0.6 is 7.60 Å². The molecule has 0 aliphatic heterocycles. The molecule has 0 saturated heterocycles. The van der Waals surface area contributed by atoms with Crippen LogP contribution in [0.2, 0.25) is 0 Å². The molecule has 118 valence electrons. The first kappa shape index (κ1) is 16.8. The molecule has 0 fully saturated rings. The average molecular weight is 323 g/mol. The third kappa shape index (κ3) is 4.49. The summed E-state index contributed by atoms with van der Waals surface area (Å²) >= 11 is 0. The molecule has 0 aliphatic rings. The van der Waals surface area contributed by atoms with E-state index in [1.54, 1.807) is 0 Å². The molecule has 0 aliphatic carbocycles. The maximum absolute atomic E-state index is 13.0. The van der Waals surface area contributed by atoms with Gasteiger partial charge in [-0.15, -0.1) is 0 Å². The van der Waals surface area contributed by atoms with Gasteiger partial charge in [0.25, 0.3) is 0 Å². The maximum Gasteiger partial charge on any atom is 0.346 e. The fourth-order valence-corrected chi connectivity index (χ4v) is 3.17. The Morgan fingerprint density at radius 2 is 1.64 bits per heavy atom. The largest absolute Gasteiger partial charge is 0.346 e. The summed E-state index contributed by atoms with van der Waals surface area (Å²) in [6.07, 6.45) is 0. The molecule has 0 heterocycles. The van der Waals surface area contributed by atoms with Crippen LogP contribution in [-0.2, 0) is 4.57 Å². The van der Waals surface area contributed by atoms with E-state index in [-0.39, 0.29) is 5.92 Å². The highest BCUT2D eigenvalue weighted by molar-refractivity contribution is 7.52. The van der Waals surface area contributed by atoms with Crippen LogP contribution < -0.4 is 5.32 Å². The van der Waals surface area contributed by atoms with Crippen molar-refractivity contribution in [3.63, 3.8) is 0 Å². The number of rotatable bonds is 6. The lowest BCUT2D eigenvalue weighted by molar-refractivity contribution is 0.346. The summed E-state index contributed by atoms with van der Waals surface area (Å²) in [6, 6.07) is 14.9. The van der Waals surface area contributed by atoms with E-state index in [0.29, 0.717) is 12.1 Å². The second-order valence-corrected chi connectivity index (χ2v) is 6.96. The number of hydrogen-bond acceptors (Lipinski definition) is 2. The van der Waals surface area contributed by atoms with Crippen molar-refractivity contribution in [3.05, 3.63) is 71.5 Å². The zero-order valence-corrected chi connectivity index (χ0v) is 13.1. The third-order valence-electron chi connectivity index (χ3n) is 3.51. The molecule has 0 amide bonds. The topological polar surface area (TPSA) is 69.6 Å². The van der Waals surface area contributed by atoms with Crippen molar-refractivity contribution >= 4 is 7.60 Å². The Balaban J connectivity index is 2.11. The van der Waals surface area contributed by atoms with E-state index in [1.165, 1.54) is 24.3 Å². The van der Waals surface area contributed by atoms with E-state index >= 15 is 0 Å². The molecule has 3 N–H and O–H groups in total. The van der Waals surface area contributed by atoms with Gasteiger partial charge in [0.2, 0.25) is 0 Å². The van der Waals surface area contributed by atoms with Gasteiger partial charge >= 0.3 is 7.60 Å². The lowest BCUT2D eigenvalue weighted by Gasteiger charge is -2.22. The third-order valence-corrected chi connectivity index (χ3v) is 4.66. The van der Waals surface area contributed by atoms with Crippen molar-refractivity contribution in [2.24, 2.45) is 0 Å². The first-order valence-corrected chi connectivity index (χ1v) is 8.65. The average Bonchev–Trinajstić information content (AvgIpc) is 2.48. The van der Waals surface area contributed by atoms with Crippen LogP contribution in [0.25, 0.3) is 0 Å². The molecule has 0 unspecified atom stereocenters. The van der Waals surface area contributed by atoms with Crippen LogP contribution in [0.1, 0.15) is 29.8 Å². The fourth-order valence-electron chi connectivity index (χ4n) is 2.26. The summed E-state index contributed by atoms with van der Waals surface area (Å²) in [6.45, 7) is 2.38. The number of halogens is 1. The van der Waals surface area contributed by atoms with Crippen molar-refractivity contribution in [3.8, 4) is 0 Å². The molecule has 4 nitrogen and oxygen atoms in total. The van der Waals surface area contributed by atoms with E-state index < -0.39 is 19.2 Å². The smallest absolute Gasteiger partial charge is 0.323 e. The van der Waals surface area contributed by atoms with E-state index in [9.17, 15) is 18.7 Å². The molecule has 2 atom stereocenters. The first-order chi connectivity index (χ1) is 10.4. The van der Waals surface area contributed by atoms with E-state index in [4.69, 9.17) is 0 Å². The summed E-state index contributed by atoms with van der Waals surface area (Å²) in [5.74, 6) is -1.49. The molecule has 2 aromatic carbocycles. The van der Waals surface area contributed by atoms with Crippen LogP contribution in [0.15, 0.2) is 54.6 Å². The highest BCUT2D eigenvalue weighted by Crippen LogP contribution is 2.50. The number of hydrogen-bond donors (Lipinski definition) is 3. The van der Waals surface area contributed by atoms with Crippen molar-refractivity contribution in [1.82, 2.24) is 5.32 Å². The van der Waals surface area contributed by atoms with Crippen molar-refractivity contribution in [1.29, 1.82) is 0 Å². The highest BCUT2D eigenvalue weighted by atomic mass is 31.2. The maximum atomic E-state index is 13.0. The summed E-state index contributed by atoms with van der Waals surface area (Å²) in [7, 11) is -4.39. The van der Waals surface area contributed by atoms with Gasteiger partial charge in [-0.25, -0.2) is 4.39 Å². The van der Waals surface area contributed by atoms with Gasteiger partial charge in [0.1, 0.15) is 11.6 Å². The zero-order chi connectivity index (χ0) is 16.2. The molecule has 0 aromatic heterocycles. The summed E-state index contributed by atoms with van der Waals surface area (Å²) < 4.78 is 24.7. The normalized spacial score (nSPS) is 14.5. The van der Waals surface area contributed by atoms with Crippen LogP contribution in [0.3, 0.4) is 0 Å². The van der Waals surface area contributed by atoms with Gasteiger partial charge in [0, 0.05) is 6.54 Å². The summed E-state index contributed by atoms with van der Waals surface area (Å²) in [5.41, 5.74) is 1.45. The molecule has 0 bridgehead atoms. The van der Waals surface area contributed by atoms with Crippen molar-refractivity contribution in [2.45, 2.75) is 18.6 Å². The van der Waals surface area contributed by atoms with Gasteiger partial charge in [-0.3, -0.25) is 9.88 Å². The minimum Gasteiger partial charge on any atom is -0.323 e. The molecule has 0 radical (unpaired) electrons. The predicted molar refractivity (Wildman–Crippen MR) is 84.0 cm³/mol. The predicted octanol–water partition coefficient (Wildman–Crippen LogP) is 3.40. The van der Waals surface area contributed by atoms with Crippen LogP contribution in [-0.4, -0.2) is 16.3 Å². The second-order valence-electron chi connectivity index (χ2n) is 5.26. The number of benzene rings is 2. The van der Waals surface area contributed by atoms with E-state index in [0.717, 1.165) is 5.56 Å². The Bertz CT molecular complexity index is 642. The van der Waals surface area contributed by atoms with Gasteiger partial charge < -0.3 is 9.79 Å². The SMILES string of the molecule is C[C@@H](CN[C@H](c1ccc(F)cc1)P(=O)(O)O)c1ccccc1. The van der Waals surface area contributed by atoms with Crippen LogP contribution in [0.5, 0.6) is 0 Å². The minimum atomic E-state index is -4.39. The summed E-state index contributed by atoms with van der Waals surface area (Å²) in [4.78, 5) is 19.1. The molecule has 0 spiro atoms. The lowest BCUT2D eigenvalue weighted by Crippen LogP contribution is -2.25. The Kier molecular flexibility index (Phi) is 5.48. The standard InChI is InChI=1S/C16H19FNO3P/c1-12(13-5-3-2-4-6-13)11-18-16(22(19,20)21)14-7-9-15(17)10-8-14/h2-10,12,16,18H,11H2,1H3,(H2,19,20,21)/t12-,16-/m0/s1. The van der Waals surface area contributed by atoms with Gasteiger partial charge in [0.15, 0.2) is 0 Å². The van der Waals surface area contributed by atoms with Gasteiger partial charge in [0.05, 0.1) is 0 Å². The minimum absolute atomic E-state index is 0.0932. The number of nitrogens with one attached hydrogen (secondary N) is 1. The molecule has 22 heavy (non-hydrogen) atoms. The zero-order valence-electron chi connectivity index (χ0n) is 12.2. The Labute approximate surface area is 129 Å². The van der Waals surface area contributed by atoms with Gasteiger partial charge in [-0.2, -0.15) is 0 Å². The van der Waals surface area contributed by atoms with E-state index in [1.807, 2.05) is 37.3 Å². The van der Waals surface area contributed by atoms with Gasteiger partial charge in [-0.05, 0) is 29.2 Å². The molecule has 2 aromatic rings. The molecular formula is C16H19FNO3P. The quantitative estimate of drug-likeness (QED) is 0.713. The van der Waals surface area contributed by atoms with Gasteiger partial charge in [-0.1, -0.05) is 49.4 Å². The monoisotopic (exact) mass is 323 g/mol. The van der Waals surface area contributed by atoms with Crippen molar-refractivity contribution in [2.75, 3.05) is 6.54 Å². The molecule has 2 rings (SSSR count). The molecular weight excluding hydrogens is 304 g/mol. The second kappa shape index (κ2) is 7.16. The summed E-state index contributed by atoms with van der Waals surface area (Å²) in [5, 5.41) is 2.91. The lowest BCUT2D eigenvalue weighted by atomic mass is 10.0. The van der Waals surface area contributed by atoms with E-state index in [2.05, 4.69) is 5.32 Å². The fraction of sp³-hybridized carbons (Fsp3) is 0.250. The van der Waals surface area contributed by atoms with Crippen LogP contribution in [0.4, 0.5) is 4.39 Å². The Morgan fingerprint density at radius 1 is 1.05 bits per heavy atom. The van der Waals surface area contributed by atoms with Crippen LogP contribution in [0, 0.1) is 5.82 Å². The first-order valence-electron chi connectivity index (χ1n) is 6.97. The van der Waals surface area contributed by atoms with Crippen molar-refractivity contribution < 1.29 is 18.7 Å². The highest BCUT2D eigenvalue weighted by Gasteiger charge is 2.30. The molecule has 0 saturated carbocycles. The Hall–Kier alpha value is -1.52. The molecule has 6 heteroatoms. The Morgan fingerprint density at radius 3 is 2.18 bits per heavy atom.